The van der Waals surface area contributed by atoms with Crippen LogP contribution in [0.2, 0.25) is 0 Å². The van der Waals surface area contributed by atoms with Gasteiger partial charge in [-0.2, -0.15) is 0 Å². The van der Waals surface area contributed by atoms with Gasteiger partial charge in [0.2, 0.25) is 0 Å². The lowest BCUT2D eigenvalue weighted by atomic mass is 10.1. The van der Waals surface area contributed by atoms with Gasteiger partial charge in [-0.3, -0.25) is 4.79 Å². The highest BCUT2D eigenvalue weighted by atomic mass is 32.1. The number of carboxylic acids is 1. The Morgan fingerprint density at radius 2 is 2.21 bits per heavy atom. The Labute approximate surface area is 87.8 Å². The van der Waals surface area contributed by atoms with E-state index in [1.54, 1.807) is 0 Å². The molecule has 78 valence electrons. The van der Waals surface area contributed by atoms with Gasteiger partial charge in [0.15, 0.2) is 0 Å². The highest BCUT2D eigenvalue weighted by Gasteiger charge is 2.14. The largest absolute Gasteiger partial charge is 0.481 e. The molecule has 1 aromatic rings. The highest BCUT2D eigenvalue weighted by Crippen LogP contribution is 2.25. The predicted molar refractivity (Wildman–Crippen MR) is 56.9 cm³/mol. The molecule has 0 aliphatic carbocycles. The van der Waals surface area contributed by atoms with Crippen LogP contribution in [0.15, 0.2) is 0 Å². The number of hydrogen-bond donors (Lipinski definition) is 1. The van der Waals surface area contributed by atoms with Crippen molar-refractivity contribution in [2.75, 3.05) is 0 Å². The minimum absolute atomic E-state index is 0.0460. The average Bonchev–Trinajstić information content (AvgIpc) is 2.46. The summed E-state index contributed by atoms with van der Waals surface area (Å²) < 4.78 is 0. The van der Waals surface area contributed by atoms with Crippen molar-refractivity contribution >= 4 is 17.3 Å². The minimum Gasteiger partial charge on any atom is -0.481 e. The van der Waals surface area contributed by atoms with E-state index in [1.165, 1.54) is 16.2 Å². The molecule has 14 heavy (non-hydrogen) atoms. The van der Waals surface area contributed by atoms with Crippen LogP contribution in [-0.4, -0.2) is 16.1 Å². The van der Waals surface area contributed by atoms with Crippen molar-refractivity contribution in [2.45, 2.75) is 39.5 Å². The van der Waals surface area contributed by atoms with Crippen LogP contribution >= 0.6 is 11.3 Å². The predicted octanol–water partition coefficient (Wildman–Crippen LogP) is 2.46. The normalized spacial score (nSPS) is 10.9. The van der Waals surface area contributed by atoms with Crippen molar-refractivity contribution in [3.63, 3.8) is 0 Å². The maximum atomic E-state index is 10.5. The molecule has 1 aromatic heterocycles. The van der Waals surface area contributed by atoms with Crippen molar-refractivity contribution in [2.24, 2.45) is 0 Å². The Kier molecular flexibility index (Phi) is 3.63. The summed E-state index contributed by atoms with van der Waals surface area (Å²) in [5, 5.41) is 9.37. The van der Waals surface area contributed by atoms with Crippen LogP contribution in [0.1, 0.15) is 42.3 Å². The van der Waals surface area contributed by atoms with Crippen LogP contribution < -0.4 is 0 Å². The number of thiazole rings is 1. The first-order valence-corrected chi connectivity index (χ1v) is 5.56. The lowest BCUT2D eigenvalue weighted by Gasteiger charge is -2.01. The molecule has 0 aliphatic rings. The van der Waals surface area contributed by atoms with Crippen molar-refractivity contribution in [3.05, 3.63) is 15.6 Å². The fraction of sp³-hybridized carbons (Fsp3) is 0.600. The molecule has 1 N–H and O–H groups in total. The van der Waals surface area contributed by atoms with Gasteiger partial charge >= 0.3 is 5.97 Å². The number of hydrogen-bond acceptors (Lipinski definition) is 3. The SMILES string of the molecule is CCc1sc(CC(=O)O)nc1C(C)C. The van der Waals surface area contributed by atoms with E-state index in [1.807, 2.05) is 0 Å². The van der Waals surface area contributed by atoms with Crippen molar-refractivity contribution in [3.8, 4) is 0 Å². The molecule has 0 saturated carbocycles. The monoisotopic (exact) mass is 213 g/mol. The standard InChI is InChI=1S/C10H15NO2S/c1-4-7-10(6(2)3)11-8(14-7)5-9(12)13/h6H,4-5H2,1-3H3,(H,12,13). The number of nitrogens with zero attached hydrogens (tertiary/aromatic N) is 1. The lowest BCUT2D eigenvalue weighted by molar-refractivity contribution is -0.136. The number of aliphatic carboxylic acids is 1. The third-order valence-electron chi connectivity index (χ3n) is 1.94. The number of carbonyl (C=O) groups is 1. The third kappa shape index (κ3) is 2.54. The summed E-state index contributed by atoms with van der Waals surface area (Å²) in [5.41, 5.74) is 1.06. The maximum Gasteiger partial charge on any atom is 0.310 e. The fourth-order valence-corrected chi connectivity index (χ4v) is 2.48. The maximum absolute atomic E-state index is 10.5. The van der Waals surface area contributed by atoms with Crippen molar-refractivity contribution in [1.82, 2.24) is 4.98 Å². The van der Waals surface area contributed by atoms with Gasteiger partial charge in [0.1, 0.15) is 5.01 Å². The summed E-state index contributed by atoms with van der Waals surface area (Å²) in [7, 11) is 0. The number of rotatable bonds is 4. The van der Waals surface area contributed by atoms with E-state index in [2.05, 4.69) is 25.8 Å². The zero-order chi connectivity index (χ0) is 10.7. The molecule has 4 heteroatoms. The Bertz CT molecular complexity index is 331. The second-order valence-electron chi connectivity index (χ2n) is 3.49. The van der Waals surface area contributed by atoms with Gasteiger partial charge in [0.25, 0.3) is 0 Å². The van der Waals surface area contributed by atoms with Crippen LogP contribution in [0, 0.1) is 0 Å². The first-order chi connectivity index (χ1) is 6.54. The van der Waals surface area contributed by atoms with E-state index in [0.717, 1.165) is 17.1 Å². The molecule has 3 nitrogen and oxygen atoms in total. The fourth-order valence-electron chi connectivity index (χ4n) is 1.32. The highest BCUT2D eigenvalue weighted by molar-refractivity contribution is 7.11. The average molecular weight is 213 g/mol. The molecule has 0 amide bonds. The smallest absolute Gasteiger partial charge is 0.310 e. The van der Waals surface area contributed by atoms with Gasteiger partial charge in [-0.1, -0.05) is 20.8 Å². The molecule has 0 aromatic carbocycles. The van der Waals surface area contributed by atoms with E-state index in [9.17, 15) is 4.79 Å². The second kappa shape index (κ2) is 4.55. The number of carboxylic acid groups (broad SMARTS) is 1. The summed E-state index contributed by atoms with van der Waals surface area (Å²) in [5.74, 6) is -0.430. The molecule has 0 unspecified atom stereocenters. The summed E-state index contributed by atoms with van der Waals surface area (Å²) in [4.78, 5) is 16.1. The van der Waals surface area contributed by atoms with E-state index in [0.29, 0.717) is 5.92 Å². The molecule has 1 heterocycles. The molecule has 0 aliphatic heterocycles. The van der Waals surface area contributed by atoms with Gasteiger partial charge in [0.05, 0.1) is 12.1 Å². The van der Waals surface area contributed by atoms with E-state index < -0.39 is 5.97 Å². The molecular weight excluding hydrogens is 198 g/mol. The summed E-state index contributed by atoms with van der Waals surface area (Å²) in [6.07, 6.45) is 0.981. The molecular formula is C10H15NO2S. The molecule has 0 saturated heterocycles. The first-order valence-electron chi connectivity index (χ1n) is 4.74. The van der Waals surface area contributed by atoms with Crippen LogP contribution in [0.4, 0.5) is 0 Å². The van der Waals surface area contributed by atoms with Gasteiger partial charge < -0.3 is 5.11 Å². The molecule has 0 radical (unpaired) electrons. The Hall–Kier alpha value is -0.900. The summed E-state index contributed by atoms with van der Waals surface area (Å²) in [6, 6.07) is 0. The quantitative estimate of drug-likeness (QED) is 0.835. The van der Waals surface area contributed by atoms with Gasteiger partial charge in [-0.15, -0.1) is 11.3 Å². The molecule has 0 spiro atoms. The Morgan fingerprint density at radius 3 is 2.57 bits per heavy atom. The zero-order valence-electron chi connectivity index (χ0n) is 8.70. The van der Waals surface area contributed by atoms with E-state index >= 15 is 0 Å². The van der Waals surface area contributed by atoms with Crippen molar-refractivity contribution < 1.29 is 9.90 Å². The third-order valence-corrected chi connectivity index (χ3v) is 3.16. The number of aryl methyl sites for hydroxylation is 1. The van der Waals surface area contributed by atoms with Crippen molar-refractivity contribution in [1.29, 1.82) is 0 Å². The van der Waals surface area contributed by atoms with Crippen LogP contribution in [0.3, 0.4) is 0 Å². The van der Waals surface area contributed by atoms with Crippen LogP contribution in [0.5, 0.6) is 0 Å². The second-order valence-corrected chi connectivity index (χ2v) is 4.66. The first kappa shape index (κ1) is 11.2. The van der Waals surface area contributed by atoms with Gasteiger partial charge in [-0.05, 0) is 12.3 Å². The zero-order valence-corrected chi connectivity index (χ0v) is 9.52. The summed E-state index contributed by atoms with van der Waals surface area (Å²) >= 11 is 1.52. The Balaban J connectivity index is 2.94. The van der Waals surface area contributed by atoms with Crippen LogP contribution in [-0.2, 0) is 17.6 Å². The van der Waals surface area contributed by atoms with E-state index in [4.69, 9.17) is 5.11 Å². The molecule has 0 fully saturated rings. The van der Waals surface area contributed by atoms with Crippen LogP contribution in [0.25, 0.3) is 0 Å². The topological polar surface area (TPSA) is 50.2 Å². The van der Waals surface area contributed by atoms with Gasteiger partial charge in [0, 0.05) is 4.88 Å². The Morgan fingerprint density at radius 1 is 1.57 bits per heavy atom. The van der Waals surface area contributed by atoms with Gasteiger partial charge in [-0.25, -0.2) is 4.98 Å². The summed E-state index contributed by atoms with van der Waals surface area (Å²) in [6.45, 7) is 6.24. The molecule has 1 rings (SSSR count). The number of aromatic nitrogens is 1. The minimum atomic E-state index is -0.809. The molecule has 0 bridgehead atoms. The van der Waals surface area contributed by atoms with E-state index in [-0.39, 0.29) is 6.42 Å². The lowest BCUT2D eigenvalue weighted by Crippen LogP contribution is -2.00. The molecule has 0 atom stereocenters.